The molecule has 0 saturated heterocycles. The lowest BCUT2D eigenvalue weighted by Crippen LogP contribution is -2.45. The van der Waals surface area contributed by atoms with Gasteiger partial charge in [-0.3, -0.25) is 4.79 Å². The van der Waals surface area contributed by atoms with Crippen LogP contribution in [0.3, 0.4) is 0 Å². The molecule has 1 unspecified atom stereocenters. The van der Waals surface area contributed by atoms with Crippen molar-refractivity contribution in [3.05, 3.63) is 64.0 Å². The van der Waals surface area contributed by atoms with Crippen molar-refractivity contribution in [2.45, 2.75) is 46.3 Å². The van der Waals surface area contributed by atoms with Crippen molar-refractivity contribution in [3.63, 3.8) is 0 Å². The second kappa shape index (κ2) is 9.53. The summed E-state index contributed by atoms with van der Waals surface area (Å²) in [6, 6.07) is 13.1. The molecule has 3 aromatic rings. The van der Waals surface area contributed by atoms with Crippen LogP contribution in [0.2, 0.25) is 0 Å². The number of hydrogen-bond acceptors (Lipinski definition) is 6. The standard InChI is InChI=1S/C25H26N2O4S/c1-4-11-30-25(29)19-8-6-7-17(12-19)14-27-21-13-18(20-15-32-16(3)26-20)9-10-23(21)31-22(5-2)24(27)28/h6-10,12-13,15,22H,4-5,11,14H2,1-3H3. The lowest BCUT2D eigenvalue weighted by Gasteiger charge is -2.34. The van der Waals surface area contributed by atoms with Crippen molar-refractivity contribution < 1.29 is 19.1 Å². The van der Waals surface area contributed by atoms with Crippen LogP contribution in [0.5, 0.6) is 5.75 Å². The van der Waals surface area contributed by atoms with Crippen LogP contribution in [0.1, 0.15) is 47.6 Å². The normalized spacial score (nSPS) is 15.3. The van der Waals surface area contributed by atoms with Gasteiger partial charge in [0.1, 0.15) is 5.75 Å². The number of anilines is 1. The number of aromatic nitrogens is 1. The zero-order chi connectivity index (χ0) is 22.7. The Kier molecular flexibility index (Phi) is 6.55. The van der Waals surface area contributed by atoms with Gasteiger partial charge in [-0.1, -0.05) is 26.0 Å². The SMILES string of the molecule is CCCOC(=O)c1cccc(CN2C(=O)C(CC)Oc3ccc(-c4csc(C)n4)cc32)c1. The van der Waals surface area contributed by atoms with E-state index in [9.17, 15) is 9.59 Å². The number of fused-ring (bicyclic) bond motifs is 1. The van der Waals surface area contributed by atoms with Crippen LogP contribution in [0.25, 0.3) is 11.3 Å². The third-order valence-corrected chi connectivity index (χ3v) is 6.06. The molecule has 1 aromatic heterocycles. The van der Waals surface area contributed by atoms with Crippen LogP contribution >= 0.6 is 11.3 Å². The largest absolute Gasteiger partial charge is 0.478 e. The number of carbonyl (C=O) groups is 2. The summed E-state index contributed by atoms with van der Waals surface area (Å²) in [7, 11) is 0. The molecule has 7 heteroatoms. The van der Waals surface area contributed by atoms with E-state index < -0.39 is 6.10 Å². The van der Waals surface area contributed by atoms with Gasteiger partial charge in [0.05, 0.1) is 35.1 Å². The van der Waals surface area contributed by atoms with Crippen molar-refractivity contribution in [2.75, 3.05) is 11.5 Å². The Morgan fingerprint density at radius 1 is 1.22 bits per heavy atom. The number of esters is 1. The second-order valence-electron chi connectivity index (χ2n) is 7.71. The molecule has 0 N–H and O–H groups in total. The van der Waals surface area contributed by atoms with Crippen LogP contribution in [0, 0.1) is 6.92 Å². The van der Waals surface area contributed by atoms with E-state index in [1.54, 1.807) is 28.4 Å². The van der Waals surface area contributed by atoms with Crippen molar-refractivity contribution >= 4 is 28.9 Å². The zero-order valence-electron chi connectivity index (χ0n) is 18.5. The molecular weight excluding hydrogens is 424 g/mol. The molecule has 0 saturated carbocycles. The smallest absolute Gasteiger partial charge is 0.338 e. The van der Waals surface area contributed by atoms with Crippen LogP contribution in [0.4, 0.5) is 5.69 Å². The minimum Gasteiger partial charge on any atom is -0.478 e. The van der Waals surface area contributed by atoms with Crippen LogP contribution in [-0.4, -0.2) is 29.6 Å². The number of ether oxygens (including phenoxy) is 2. The summed E-state index contributed by atoms with van der Waals surface area (Å²) in [6.07, 6.45) is 0.808. The molecule has 166 valence electrons. The van der Waals surface area contributed by atoms with E-state index in [2.05, 4.69) is 4.98 Å². The maximum atomic E-state index is 13.2. The Morgan fingerprint density at radius 2 is 2.06 bits per heavy atom. The molecule has 32 heavy (non-hydrogen) atoms. The highest BCUT2D eigenvalue weighted by atomic mass is 32.1. The predicted octanol–water partition coefficient (Wildman–Crippen LogP) is 5.39. The molecule has 0 radical (unpaired) electrons. The van der Waals surface area contributed by atoms with E-state index in [1.807, 2.05) is 56.5 Å². The molecule has 1 aliphatic heterocycles. The summed E-state index contributed by atoms with van der Waals surface area (Å²) in [5, 5.41) is 2.99. The highest BCUT2D eigenvalue weighted by molar-refractivity contribution is 7.09. The number of benzene rings is 2. The average molecular weight is 451 g/mol. The first-order valence-corrected chi connectivity index (χ1v) is 11.7. The average Bonchev–Trinajstić information content (AvgIpc) is 3.25. The number of nitrogens with zero attached hydrogens (tertiary/aromatic N) is 2. The lowest BCUT2D eigenvalue weighted by molar-refractivity contribution is -0.126. The number of aryl methyl sites for hydroxylation is 1. The Morgan fingerprint density at radius 3 is 2.78 bits per heavy atom. The van der Waals surface area contributed by atoms with Gasteiger partial charge in [0.25, 0.3) is 5.91 Å². The number of carbonyl (C=O) groups excluding carboxylic acids is 2. The quantitative estimate of drug-likeness (QED) is 0.452. The van der Waals surface area contributed by atoms with Gasteiger partial charge < -0.3 is 14.4 Å². The maximum Gasteiger partial charge on any atom is 0.338 e. The predicted molar refractivity (Wildman–Crippen MR) is 125 cm³/mol. The van der Waals surface area contributed by atoms with Gasteiger partial charge in [-0.2, -0.15) is 0 Å². The van der Waals surface area contributed by atoms with E-state index in [1.165, 1.54) is 0 Å². The highest BCUT2D eigenvalue weighted by Gasteiger charge is 2.33. The monoisotopic (exact) mass is 450 g/mol. The van der Waals surface area contributed by atoms with E-state index in [-0.39, 0.29) is 11.9 Å². The van der Waals surface area contributed by atoms with Crippen LogP contribution < -0.4 is 9.64 Å². The van der Waals surface area contributed by atoms with Crippen molar-refractivity contribution in [2.24, 2.45) is 0 Å². The summed E-state index contributed by atoms with van der Waals surface area (Å²) < 4.78 is 11.2. The second-order valence-corrected chi connectivity index (χ2v) is 8.77. The van der Waals surface area contributed by atoms with Gasteiger partial charge in [-0.05, 0) is 55.7 Å². The Hall–Kier alpha value is -3.19. The lowest BCUT2D eigenvalue weighted by atomic mass is 10.0. The van der Waals surface area contributed by atoms with E-state index in [0.29, 0.717) is 36.6 Å². The molecule has 0 aliphatic carbocycles. The molecule has 4 rings (SSSR count). The molecular formula is C25H26N2O4S. The number of thiazole rings is 1. The van der Waals surface area contributed by atoms with Gasteiger partial charge in [0, 0.05) is 10.9 Å². The fourth-order valence-corrected chi connectivity index (χ4v) is 4.28. The Balaban J connectivity index is 1.67. The van der Waals surface area contributed by atoms with Crippen molar-refractivity contribution in [1.29, 1.82) is 0 Å². The third kappa shape index (κ3) is 4.53. The molecule has 6 nitrogen and oxygen atoms in total. The summed E-state index contributed by atoms with van der Waals surface area (Å²) >= 11 is 1.59. The third-order valence-electron chi connectivity index (χ3n) is 5.29. The molecule has 2 heterocycles. The molecule has 2 aromatic carbocycles. The number of hydrogen-bond donors (Lipinski definition) is 0. The topological polar surface area (TPSA) is 68.7 Å². The van der Waals surface area contributed by atoms with Gasteiger partial charge >= 0.3 is 5.97 Å². The van der Waals surface area contributed by atoms with Gasteiger partial charge in [0.15, 0.2) is 6.10 Å². The van der Waals surface area contributed by atoms with Gasteiger partial charge in [-0.25, -0.2) is 9.78 Å². The molecule has 0 bridgehead atoms. The zero-order valence-corrected chi connectivity index (χ0v) is 19.3. The first-order chi connectivity index (χ1) is 15.5. The number of rotatable bonds is 7. The van der Waals surface area contributed by atoms with Crippen LogP contribution in [0.15, 0.2) is 47.8 Å². The molecule has 1 amide bonds. The number of amides is 1. The van der Waals surface area contributed by atoms with Crippen molar-refractivity contribution in [3.8, 4) is 17.0 Å². The molecule has 0 spiro atoms. The van der Waals surface area contributed by atoms with Crippen LogP contribution in [-0.2, 0) is 16.1 Å². The highest BCUT2D eigenvalue weighted by Crippen LogP contribution is 2.39. The fraction of sp³-hybridized carbons (Fsp3) is 0.320. The minimum atomic E-state index is -0.535. The Bertz CT molecular complexity index is 1140. The van der Waals surface area contributed by atoms with E-state index in [4.69, 9.17) is 9.47 Å². The summed E-state index contributed by atoms with van der Waals surface area (Å²) in [4.78, 5) is 31.8. The van der Waals surface area contributed by atoms with E-state index >= 15 is 0 Å². The molecule has 0 fully saturated rings. The van der Waals surface area contributed by atoms with Gasteiger partial charge in [0.2, 0.25) is 0 Å². The van der Waals surface area contributed by atoms with Gasteiger partial charge in [-0.15, -0.1) is 11.3 Å². The summed E-state index contributed by atoms with van der Waals surface area (Å²) in [5.41, 5.74) is 3.85. The summed E-state index contributed by atoms with van der Waals surface area (Å²) in [5.74, 6) is 0.228. The maximum absolute atomic E-state index is 13.2. The molecule has 1 atom stereocenters. The van der Waals surface area contributed by atoms with Crippen molar-refractivity contribution in [1.82, 2.24) is 4.98 Å². The summed E-state index contributed by atoms with van der Waals surface area (Å²) in [6.45, 7) is 6.57. The minimum absolute atomic E-state index is 0.0921. The van der Waals surface area contributed by atoms with E-state index in [0.717, 1.165) is 28.2 Å². The first kappa shape index (κ1) is 22.0. The molecule has 1 aliphatic rings. The first-order valence-electron chi connectivity index (χ1n) is 10.8. The Labute approximate surface area is 191 Å². The fourth-order valence-electron chi connectivity index (χ4n) is 3.66.